The zero-order valence-corrected chi connectivity index (χ0v) is 12.1. The van der Waals surface area contributed by atoms with Crippen LogP contribution in [0, 0.1) is 5.92 Å². The lowest BCUT2D eigenvalue weighted by atomic mass is 10.0. The third kappa shape index (κ3) is 2.89. The van der Waals surface area contributed by atoms with E-state index in [1.54, 1.807) is 6.33 Å². The molecule has 1 amide bonds. The molecule has 3 rings (SSSR count). The first-order valence-electron chi connectivity index (χ1n) is 7.06. The Hall–Kier alpha value is -2.37. The van der Waals surface area contributed by atoms with Crippen LogP contribution in [-0.2, 0) is 16.2 Å². The minimum atomic E-state index is -0.502. The molecule has 1 aliphatic heterocycles. The monoisotopic (exact) mass is 286 g/mol. The first-order chi connectivity index (χ1) is 10.1. The molecule has 0 fully saturated rings. The van der Waals surface area contributed by atoms with Gasteiger partial charge in [-0.1, -0.05) is 25.1 Å². The number of H-pyrrole nitrogens is 1. The summed E-state index contributed by atoms with van der Waals surface area (Å²) in [7, 11) is 0. The van der Waals surface area contributed by atoms with E-state index in [9.17, 15) is 4.79 Å². The van der Waals surface area contributed by atoms with Crippen LogP contribution in [0.2, 0.25) is 0 Å². The molecule has 110 valence electrons. The summed E-state index contributed by atoms with van der Waals surface area (Å²) in [5.41, 5.74) is 3.83. The Morgan fingerprint density at radius 3 is 3.14 bits per heavy atom. The summed E-state index contributed by atoms with van der Waals surface area (Å²) in [6.45, 7) is 4.55. The Balaban J connectivity index is 1.56. The Kier molecular flexibility index (Phi) is 3.60. The molecule has 0 saturated heterocycles. The second-order valence-electron chi connectivity index (χ2n) is 5.51. The summed E-state index contributed by atoms with van der Waals surface area (Å²) in [6.07, 6.45) is 1.73. The molecule has 1 aliphatic rings. The minimum absolute atomic E-state index is 0.126. The number of fused-ring (bicyclic) bond motifs is 1. The van der Waals surface area contributed by atoms with E-state index in [2.05, 4.69) is 20.4 Å². The van der Waals surface area contributed by atoms with E-state index in [0.29, 0.717) is 18.9 Å². The lowest BCUT2D eigenvalue weighted by Crippen LogP contribution is -2.34. The number of carbonyl (C=O) groups is 1. The van der Waals surface area contributed by atoms with Crippen molar-refractivity contribution in [2.75, 3.05) is 0 Å². The Bertz CT molecular complexity index is 690. The number of amides is 1. The van der Waals surface area contributed by atoms with Crippen molar-refractivity contribution in [3.05, 3.63) is 30.1 Å². The normalized spacial score (nSPS) is 17.9. The van der Waals surface area contributed by atoms with Crippen LogP contribution < -0.4 is 5.32 Å². The number of benzene rings is 1. The third-order valence-corrected chi connectivity index (χ3v) is 3.60. The van der Waals surface area contributed by atoms with Gasteiger partial charge in [0.25, 0.3) is 5.91 Å². The summed E-state index contributed by atoms with van der Waals surface area (Å²) in [5, 5.41) is 6.85. The number of hydrogen-bond acceptors (Lipinski definition) is 4. The highest BCUT2D eigenvalue weighted by Gasteiger charge is 2.28. The van der Waals surface area contributed by atoms with Crippen LogP contribution in [-0.4, -0.2) is 27.7 Å². The van der Waals surface area contributed by atoms with E-state index < -0.39 is 6.10 Å². The fourth-order valence-electron chi connectivity index (χ4n) is 2.27. The number of oxime groups is 1. The molecule has 0 radical (unpaired) electrons. The van der Waals surface area contributed by atoms with Crippen molar-refractivity contribution in [2.24, 2.45) is 11.1 Å². The van der Waals surface area contributed by atoms with Crippen LogP contribution in [0.15, 0.2) is 29.7 Å². The maximum absolute atomic E-state index is 12.1. The molecule has 1 aromatic carbocycles. The van der Waals surface area contributed by atoms with E-state index in [-0.39, 0.29) is 5.91 Å². The van der Waals surface area contributed by atoms with Crippen molar-refractivity contribution >= 4 is 22.7 Å². The van der Waals surface area contributed by atoms with Crippen molar-refractivity contribution in [3.8, 4) is 0 Å². The van der Waals surface area contributed by atoms with Crippen molar-refractivity contribution in [1.82, 2.24) is 15.3 Å². The number of rotatable bonds is 4. The topological polar surface area (TPSA) is 79.4 Å². The van der Waals surface area contributed by atoms with Crippen molar-refractivity contribution in [1.29, 1.82) is 0 Å². The van der Waals surface area contributed by atoms with Gasteiger partial charge in [-0.3, -0.25) is 4.79 Å². The number of aromatic amines is 1. The van der Waals surface area contributed by atoms with Crippen LogP contribution in [0.25, 0.3) is 11.0 Å². The standard InChI is InChI=1S/C15H18N4O2/c1-9(2)12-6-14(21-19-12)15(20)16-7-10-3-4-11-13(5-10)18-8-17-11/h3-5,8-9,14H,6-7H2,1-2H3,(H,16,20)(H,17,18)/t14-/m0/s1. The molecule has 0 bridgehead atoms. The van der Waals surface area contributed by atoms with Gasteiger partial charge in [-0.2, -0.15) is 0 Å². The van der Waals surface area contributed by atoms with Gasteiger partial charge in [0.2, 0.25) is 6.10 Å². The summed E-state index contributed by atoms with van der Waals surface area (Å²) in [6, 6.07) is 5.86. The lowest BCUT2D eigenvalue weighted by molar-refractivity contribution is -0.131. The van der Waals surface area contributed by atoms with Gasteiger partial charge in [-0.05, 0) is 23.6 Å². The molecule has 21 heavy (non-hydrogen) atoms. The Morgan fingerprint density at radius 2 is 2.38 bits per heavy atom. The fraction of sp³-hybridized carbons (Fsp3) is 0.400. The second-order valence-corrected chi connectivity index (χ2v) is 5.51. The molecule has 2 N–H and O–H groups in total. The SMILES string of the molecule is CC(C)C1=NO[C@H](C(=O)NCc2ccc3nc[nH]c3c2)C1. The van der Waals surface area contributed by atoms with E-state index in [0.717, 1.165) is 22.3 Å². The number of nitrogens with one attached hydrogen (secondary N) is 2. The molecular formula is C15H18N4O2. The van der Waals surface area contributed by atoms with Gasteiger partial charge >= 0.3 is 0 Å². The molecule has 6 nitrogen and oxygen atoms in total. The fourth-order valence-corrected chi connectivity index (χ4v) is 2.27. The average molecular weight is 286 g/mol. The van der Waals surface area contributed by atoms with Crippen molar-refractivity contribution < 1.29 is 9.63 Å². The predicted molar refractivity (Wildman–Crippen MR) is 79.7 cm³/mol. The molecule has 1 aromatic heterocycles. The largest absolute Gasteiger partial charge is 0.382 e. The predicted octanol–water partition coefficient (Wildman–Crippen LogP) is 1.98. The average Bonchev–Trinajstić information content (AvgIpc) is 3.12. The second kappa shape index (κ2) is 5.55. The quantitative estimate of drug-likeness (QED) is 0.902. The molecule has 6 heteroatoms. The van der Waals surface area contributed by atoms with E-state index in [1.807, 2.05) is 32.0 Å². The highest BCUT2D eigenvalue weighted by molar-refractivity contribution is 5.93. The van der Waals surface area contributed by atoms with Crippen LogP contribution in [0.4, 0.5) is 0 Å². The number of aromatic nitrogens is 2. The molecule has 0 aliphatic carbocycles. The Labute approximate surface area is 122 Å². The zero-order chi connectivity index (χ0) is 14.8. The van der Waals surface area contributed by atoms with Gasteiger partial charge in [0, 0.05) is 13.0 Å². The zero-order valence-electron chi connectivity index (χ0n) is 12.1. The van der Waals surface area contributed by atoms with Gasteiger partial charge < -0.3 is 15.1 Å². The van der Waals surface area contributed by atoms with Gasteiger partial charge in [0.1, 0.15) is 0 Å². The van der Waals surface area contributed by atoms with E-state index in [4.69, 9.17) is 4.84 Å². The number of hydrogen-bond donors (Lipinski definition) is 2. The summed E-state index contributed by atoms with van der Waals surface area (Å²) >= 11 is 0. The van der Waals surface area contributed by atoms with Gasteiger partial charge in [0.05, 0.1) is 23.1 Å². The first-order valence-corrected chi connectivity index (χ1v) is 7.06. The van der Waals surface area contributed by atoms with Crippen molar-refractivity contribution in [3.63, 3.8) is 0 Å². The lowest BCUT2D eigenvalue weighted by Gasteiger charge is -2.10. The van der Waals surface area contributed by atoms with E-state index >= 15 is 0 Å². The molecule has 0 spiro atoms. The molecule has 0 saturated carbocycles. The molecule has 0 unspecified atom stereocenters. The van der Waals surface area contributed by atoms with Crippen LogP contribution in [0.5, 0.6) is 0 Å². The van der Waals surface area contributed by atoms with Gasteiger partial charge in [-0.25, -0.2) is 4.98 Å². The van der Waals surface area contributed by atoms with Crippen LogP contribution in [0.1, 0.15) is 25.8 Å². The van der Waals surface area contributed by atoms with Crippen LogP contribution in [0.3, 0.4) is 0 Å². The molecule has 1 atom stereocenters. The number of carbonyl (C=O) groups excluding carboxylic acids is 1. The molecule has 2 aromatic rings. The van der Waals surface area contributed by atoms with Gasteiger partial charge in [0.15, 0.2) is 0 Å². The maximum atomic E-state index is 12.1. The number of nitrogens with zero attached hydrogens (tertiary/aromatic N) is 2. The third-order valence-electron chi connectivity index (χ3n) is 3.60. The first kappa shape index (κ1) is 13.6. The maximum Gasteiger partial charge on any atom is 0.264 e. The van der Waals surface area contributed by atoms with E-state index in [1.165, 1.54) is 0 Å². The minimum Gasteiger partial charge on any atom is -0.382 e. The summed E-state index contributed by atoms with van der Waals surface area (Å²) in [4.78, 5) is 24.5. The molecule has 2 heterocycles. The summed E-state index contributed by atoms with van der Waals surface area (Å²) in [5.74, 6) is 0.185. The van der Waals surface area contributed by atoms with Gasteiger partial charge in [-0.15, -0.1) is 0 Å². The van der Waals surface area contributed by atoms with Crippen LogP contribution >= 0.6 is 0 Å². The van der Waals surface area contributed by atoms with Crippen molar-refractivity contribution in [2.45, 2.75) is 32.9 Å². The smallest absolute Gasteiger partial charge is 0.264 e. The highest BCUT2D eigenvalue weighted by atomic mass is 16.6. The number of imidazole rings is 1. The highest BCUT2D eigenvalue weighted by Crippen LogP contribution is 2.16. The summed E-state index contributed by atoms with van der Waals surface area (Å²) < 4.78 is 0. The Morgan fingerprint density at radius 1 is 1.52 bits per heavy atom. The molecular weight excluding hydrogens is 268 g/mol.